The summed E-state index contributed by atoms with van der Waals surface area (Å²) in [4.78, 5) is 4.61. The van der Waals surface area contributed by atoms with Crippen molar-refractivity contribution in [3.8, 4) is 11.5 Å². The van der Waals surface area contributed by atoms with E-state index in [0.29, 0.717) is 11.5 Å². The van der Waals surface area contributed by atoms with Crippen molar-refractivity contribution in [2.24, 2.45) is 0 Å². The van der Waals surface area contributed by atoms with Crippen molar-refractivity contribution in [2.45, 2.75) is 9.94 Å². The molecule has 0 fully saturated rings. The Bertz CT molecular complexity index is 453. The first-order valence-electron chi connectivity index (χ1n) is 5.31. The van der Waals surface area contributed by atoms with E-state index >= 15 is 0 Å². The molecule has 0 aliphatic rings. The SMILES string of the molecule is C[Te](C)(c1ccc(O)cc1)c1ccc(O)cc1. The van der Waals surface area contributed by atoms with E-state index < -0.39 is 18.2 Å². The van der Waals surface area contributed by atoms with Gasteiger partial charge in [-0.3, -0.25) is 0 Å². The van der Waals surface area contributed by atoms with Crippen LogP contribution in [0.4, 0.5) is 0 Å². The van der Waals surface area contributed by atoms with E-state index in [1.807, 2.05) is 24.3 Å². The molecule has 0 bridgehead atoms. The third kappa shape index (κ3) is 2.57. The van der Waals surface area contributed by atoms with Gasteiger partial charge in [0.05, 0.1) is 0 Å². The molecule has 2 nitrogen and oxygen atoms in total. The first kappa shape index (κ1) is 12.3. The average molecular weight is 344 g/mol. The van der Waals surface area contributed by atoms with Gasteiger partial charge in [-0.1, -0.05) is 0 Å². The second-order valence-corrected chi connectivity index (χ2v) is 14.6. The van der Waals surface area contributed by atoms with Gasteiger partial charge in [0.1, 0.15) is 0 Å². The number of phenols is 2. The van der Waals surface area contributed by atoms with E-state index in [2.05, 4.69) is 9.94 Å². The van der Waals surface area contributed by atoms with Gasteiger partial charge in [-0.15, -0.1) is 0 Å². The Labute approximate surface area is 105 Å². The molecule has 0 amide bonds. The van der Waals surface area contributed by atoms with Crippen molar-refractivity contribution in [3.63, 3.8) is 0 Å². The normalized spacial score (nSPS) is 12.4. The van der Waals surface area contributed by atoms with Gasteiger partial charge >= 0.3 is 106 Å². The Morgan fingerprint density at radius 2 is 0.941 bits per heavy atom. The molecule has 0 saturated heterocycles. The molecule has 2 N–H and O–H groups in total. The second-order valence-electron chi connectivity index (χ2n) is 4.31. The Morgan fingerprint density at radius 3 is 1.24 bits per heavy atom. The minimum atomic E-state index is -2.30. The monoisotopic (exact) mass is 346 g/mol. The number of benzene rings is 2. The molecule has 3 heteroatoms. The van der Waals surface area contributed by atoms with Gasteiger partial charge in [0.25, 0.3) is 0 Å². The molecular formula is C14H16O2Te. The van der Waals surface area contributed by atoms with E-state index in [9.17, 15) is 10.2 Å². The Hall–Kier alpha value is -1.17. The third-order valence-corrected chi connectivity index (χ3v) is 11.1. The van der Waals surface area contributed by atoms with Crippen LogP contribution < -0.4 is 7.22 Å². The van der Waals surface area contributed by atoms with Gasteiger partial charge in [-0.2, -0.15) is 0 Å². The van der Waals surface area contributed by atoms with Gasteiger partial charge in [-0.05, 0) is 0 Å². The number of rotatable bonds is 2. The van der Waals surface area contributed by atoms with Gasteiger partial charge < -0.3 is 0 Å². The Morgan fingerprint density at radius 1 is 0.647 bits per heavy atom. The molecule has 90 valence electrons. The van der Waals surface area contributed by atoms with Gasteiger partial charge in [0, 0.05) is 0 Å². The van der Waals surface area contributed by atoms with E-state index in [0.717, 1.165) is 0 Å². The third-order valence-electron chi connectivity index (χ3n) is 2.85. The molecule has 0 saturated carbocycles. The molecule has 2 rings (SSSR count). The van der Waals surface area contributed by atoms with Gasteiger partial charge in [-0.25, -0.2) is 0 Å². The van der Waals surface area contributed by atoms with E-state index in [4.69, 9.17) is 0 Å². The zero-order valence-corrected chi connectivity index (χ0v) is 12.3. The molecule has 0 aromatic heterocycles. The first-order valence-corrected chi connectivity index (χ1v) is 12.3. The predicted molar refractivity (Wildman–Crippen MR) is 73.0 cm³/mol. The van der Waals surface area contributed by atoms with Crippen LogP contribution in [0.1, 0.15) is 0 Å². The van der Waals surface area contributed by atoms with Crippen molar-refractivity contribution in [1.82, 2.24) is 0 Å². The van der Waals surface area contributed by atoms with Crippen molar-refractivity contribution >= 4 is 25.4 Å². The summed E-state index contributed by atoms with van der Waals surface area (Å²) < 4.78 is 2.63. The van der Waals surface area contributed by atoms with E-state index in [1.54, 1.807) is 24.3 Å². The number of hydrogen-bond donors (Lipinski definition) is 2. The zero-order valence-electron chi connectivity index (χ0n) is 9.92. The summed E-state index contributed by atoms with van der Waals surface area (Å²) in [6.45, 7) is 0. The molecule has 0 unspecified atom stereocenters. The van der Waals surface area contributed by atoms with Crippen molar-refractivity contribution < 1.29 is 10.2 Å². The van der Waals surface area contributed by atoms with Crippen molar-refractivity contribution in [3.05, 3.63) is 48.5 Å². The number of phenolic OH excluding ortho intramolecular Hbond substituents is 2. The molecule has 2 aromatic rings. The van der Waals surface area contributed by atoms with Crippen LogP contribution in [0.15, 0.2) is 48.5 Å². The van der Waals surface area contributed by atoms with Crippen LogP contribution in [-0.4, -0.2) is 28.4 Å². The summed E-state index contributed by atoms with van der Waals surface area (Å²) in [7, 11) is 0. The topological polar surface area (TPSA) is 40.5 Å². The summed E-state index contributed by atoms with van der Waals surface area (Å²) in [5, 5.41) is 18.6. The molecule has 2 aromatic carbocycles. The van der Waals surface area contributed by atoms with Crippen LogP contribution in [0.3, 0.4) is 0 Å². The van der Waals surface area contributed by atoms with Crippen LogP contribution in [0.5, 0.6) is 11.5 Å². The number of hydrogen-bond acceptors (Lipinski definition) is 2. The first-order chi connectivity index (χ1) is 8.00. The van der Waals surface area contributed by atoms with Crippen molar-refractivity contribution in [1.29, 1.82) is 0 Å². The Balaban J connectivity index is 2.41. The fraction of sp³-hybridized carbons (Fsp3) is 0.143. The summed E-state index contributed by atoms with van der Waals surface area (Å²) in [5.41, 5.74) is 0. The zero-order chi connectivity index (χ0) is 12.5. The number of aromatic hydroxyl groups is 2. The summed E-state index contributed by atoms with van der Waals surface area (Å²) in [6, 6.07) is 15.0. The molecule has 0 radical (unpaired) electrons. The molecule has 0 heterocycles. The standard InChI is InChI=1S/C14H16O2Te/c1-17(2,13-7-3-11(15)4-8-13)14-9-5-12(16)6-10-14/h3-10,15-16H,1-2H3. The van der Waals surface area contributed by atoms with Gasteiger partial charge in [0.2, 0.25) is 0 Å². The fourth-order valence-electron chi connectivity index (χ4n) is 1.71. The summed E-state index contributed by atoms with van der Waals surface area (Å²) in [5.74, 6) is 0.608. The average Bonchev–Trinajstić information content (AvgIpc) is 2.30. The quantitative estimate of drug-likeness (QED) is 0.818. The van der Waals surface area contributed by atoms with Crippen LogP contribution in [0.2, 0.25) is 9.94 Å². The maximum atomic E-state index is 9.32. The summed E-state index contributed by atoms with van der Waals surface area (Å²) in [6.07, 6.45) is 0. The molecule has 0 aliphatic heterocycles. The predicted octanol–water partition coefficient (Wildman–Crippen LogP) is 1.92. The second kappa shape index (κ2) is 4.60. The molecule has 0 spiro atoms. The molecule has 17 heavy (non-hydrogen) atoms. The van der Waals surface area contributed by atoms with Crippen LogP contribution >= 0.6 is 0 Å². The summed E-state index contributed by atoms with van der Waals surface area (Å²) >= 11 is -2.30. The van der Waals surface area contributed by atoms with Crippen LogP contribution in [-0.2, 0) is 0 Å². The fourth-order valence-corrected chi connectivity index (χ4v) is 7.15. The van der Waals surface area contributed by atoms with Crippen LogP contribution in [0.25, 0.3) is 0 Å². The van der Waals surface area contributed by atoms with Crippen molar-refractivity contribution in [2.75, 3.05) is 0 Å². The van der Waals surface area contributed by atoms with E-state index in [1.165, 1.54) is 7.22 Å². The Kier molecular flexibility index (Phi) is 3.33. The van der Waals surface area contributed by atoms with E-state index in [-0.39, 0.29) is 0 Å². The molecular weight excluding hydrogens is 328 g/mol. The molecule has 0 atom stereocenters. The van der Waals surface area contributed by atoms with Crippen LogP contribution in [0, 0.1) is 0 Å². The molecule has 0 aliphatic carbocycles. The maximum absolute atomic E-state index is 9.32. The minimum absolute atomic E-state index is 0.304. The van der Waals surface area contributed by atoms with Gasteiger partial charge in [0.15, 0.2) is 0 Å².